The van der Waals surface area contributed by atoms with Gasteiger partial charge in [-0.05, 0) is 12.1 Å². The number of nitrogens with zero attached hydrogens (tertiary/aromatic N) is 4. The molecule has 3 heterocycles. The lowest BCUT2D eigenvalue weighted by Gasteiger charge is -2.04. The molecule has 0 saturated carbocycles. The van der Waals surface area contributed by atoms with Gasteiger partial charge in [-0.25, -0.2) is 9.97 Å². The van der Waals surface area contributed by atoms with E-state index in [2.05, 4.69) is 20.1 Å². The molecule has 0 radical (unpaired) electrons. The maximum atomic E-state index is 9.46. The minimum absolute atomic E-state index is 0.0644. The van der Waals surface area contributed by atoms with E-state index in [0.717, 1.165) is 33.3 Å². The van der Waals surface area contributed by atoms with E-state index < -0.39 is 0 Å². The molecule has 0 amide bonds. The zero-order valence-corrected chi connectivity index (χ0v) is 13.1. The molecule has 0 fully saturated rings. The Morgan fingerprint density at radius 2 is 2.12 bits per heavy atom. The Labute approximate surface area is 137 Å². The average molecular weight is 320 g/mol. The van der Waals surface area contributed by atoms with Gasteiger partial charge in [0.05, 0.1) is 29.4 Å². The lowest BCUT2D eigenvalue weighted by atomic mass is 10.1. The molecule has 7 heteroatoms. The molecule has 0 aliphatic carbocycles. The topological polar surface area (TPSA) is 106 Å². The van der Waals surface area contributed by atoms with E-state index in [1.807, 2.05) is 37.5 Å². The standard InChI is InChI=1S/C17H16N6O/c1-23-8-12(7-20-23)11-5-13(16(18)19-6-11)17-21-14-4-2-3-10(9-24)15(14)22-17/h2-8,24H,9H2,1H3,(H2,18,19)(H,21,22). The number of aromatic amines is 1. The number of nitrogen functional groups attached to an aromatic ring is 1. The summed E-state index contributed by atoms with van der Waals surface area (Å²) in [4.78, 5) is 12.1. The Balaban J connectivity index is 1.87. The van der Waals surface area contributed by atoms with Crippen LogP contribution in [0.25, 0.3) is 33.5 Å². The highest BCUT2D eigenvalue weighted by Gasteiger charge is 2.13. The quantitative estimate of drug-likeness (QED) is 0.536. The third-order valence-corrected chi connectivity index (χ3v) is 3.98. The van der Waals surface area contributed by atoms with Gasteiger partial charge in [0.1, 0.15) is 11.6 Å². The van der Waals surface area contributed by atoms with E-state index in [0.29, 0.717) is 11.6 Å². The molecular formula is C17H16N6O. The van der Waals surface area contributed by atoms with E-state index in [-0.39, 0.29) is 6.61 Å². The number of nitrogens with one attached hydrogen (secondary N) is 1. The molecule has 7 nitrogen and oxygen atoms in total. The Morgan fingerprint density at radius 3 is 2.88 bits per heavy atom. The molecule has 0 aliphatic heterocycles. The first kappa shape index (κ1) is 14.4. The molecule has 1 aromatic carbocycles. The second-order valence-corrected chi connectivity index (χ2v) is 5.62. The summed E-state index contributed by atoms with van der Waals surface area (Å²) in [6, 6.07) is 7.58. The highest BCUT2D eigenvalue weighted by Crippen LogP contribution is 2.29. The summed E-state index contributed by atoms with van der Waals surface area (Å²) in [5.41, 5.74) is 11.0. The summed E-state index contributed by atoms with van der Waals surface area (Å²) in [6.45, 7) is -0.0644. The number of benzene rings is 1. The Kier molecular flexibility index (Phi) is 3.28. The number of aliphatic hydroxyl groups excluding tert-OH is 1. The molecule has 0 spiro atoms. The first-order valence-electron chi connectivity index (χ1n) is 7.49. The van der Waals surface area contributed by atoms with Crippen LogP contribution in [-0.4, -0.2) is 29.8 Å². The van der Waals surface area contributed by atoms with Crippen LogP contribution in [0, 0.1) is 0 Å². The van der Waals surface area contributed by atoms with Crippen molar-refractivity contribution < 1.29 is 5.11 Å². The largest absolute Gasteiger partial charge is 0.392 e. The van der Waals surface area contributed by atoms with Gasteiger partial charge in [-0.15, -0.1) is 0 Å². The predicted octanol–water partition coefficient (Wildman–Crippen LogP) is 2.10. The van der Waals surface area contributed by atoms with E-state index in [4.69, 9.17) is 5.73 Å². The van der Waals surface area contributed by atoms with Gasteiger partial charge in [0, 0.05) is 36.1 Å². The number of fused-ring (bicyclic) bond motifs is 1. The molecule has 4 rings (SSSR count). The summed E-state index contributed by atoms with van der Waals surface area (Å²) in [5.74, 6) is 1.02. The van der Waals surface area contributed by atoms with E-state index >= 15 is 0 Å². The normalized spacial score (nSPS) is 11.2. The zero-order valence-electron chi connectivity index (χ0n) is 13.1. The van der Waals surface area contributed by atoms with Crippen molar-refractivity contribution in [3.05, 3.63) is 48.4 Å². The number of aromatic nitrogens is 5. The number of nitrogens with two attached hydrogens (primary N) is 1. The molecular weight excluding hydrogens is 304 g/mol. The lowest BCUT2D eigenvalue weighted by molar-refractivity contribution is 0.283. The van der Waals surface area contributed by atoms with Crippen LogP contribution in [0.15, 0.2) is 42.9 Å². The van der Waals surface area contributed by atoms with Gasteiger partial charge in [0.25, 0.3) is 0 Å². The smallest absolute Gasteiger partial charge is 0.142 e. The van der Waals surface area contributed by atoms with Crippen molar-refractivity contribution in [1.29, 1.82) is 0 Å². The van der Waals surface area contributed by atoms with Crippen LogP contribution in [0.3, 0.4) is 0 Å². The fourth-order valence-corrected chi connectivity index (χ4v) is 2.74. The van der Waals surface area contributed by atoms with Crippen LogP contribution in [0.5, 0.6) is 0 Å². The number of pyridine rings is 1. The SMILES string of the molecule is Cn1cc(-c2cnc(N)c(-c3nc4c(CO)cccc4[nH]3)c2)cn1. The second kappa shape index (κ2) is 5.47. The molecule has 0 aliphatic rings. The monoisotopic (exact) mass is 320 g/mol. The summed E-state index contributed by atoms with van der Waals surface area (Å²) in [6.07, 6.45) is 5.41. The molecule has 24 heavy (non-hydrogen) atoms. The highest BCUT2D eigenvalue weighted by atomic mass is 16.3. The van der Waals surface area contributed by atoms with Gasteiger partial charge in [-0.2, -0.15) is 5.10 Å². The summed E-state index contributed by atoms with van der Waals surface area (Å²) < 4.78 is 1.74. The fourth-order valence-electron chi connectivity index (χ4n) is 2.74. The Hall–Kier alpha value is -3.19. The molecule has 4 N–H and O–H groups in total. The number of aryl methyl sites for hydroxylation is 1. The fraction of sp³-hybridized carbons (Fsp3) is 0.118. The van der Waals surface area contributed by atoms with Crippen molar-refractivity contribution in [2.24, 2.45) is 7.05 Å². The average Bonchev–Trinajstić information content (AvgIpc) is 3.21. The van der Waals surface area contributed by atoms with Crippen molar-refractivity contribution in [2.45, 2.75) is 6.61 Å². The summed E-state index contributed by atoms with van der Waals surface area (Å²) in [5, 5.41) is 13.6. The number of H-pyrrole nitrogens is 1. The number of hydrogen-bond donors (Lipinski definition) is 3. The van der Waals surface area contributed by atoms with Gasteiger partial charge in [0.15, 0.2) is 0 Å². The van der Waals surface area contributed by atoms with Crippen LogP contribution in [-0.2, 0) is 13.7 Å². The molecule has 3 aromatic heterocycles. The maximum Gasteiger partial charge on any atom is 0.142 e. The number of aliphatic hydroxyl groups is 1. The third kappa shape index (κ3) is 2.31. The summed E-state index contributed by atoms with van der Waals surface area (Å²) in [7, 11) is 1.87. The molecule has 0 atom stereocenters. The predicted molar refractivity (Wildman–Crippen MR) is 91.9 cm³/mol. The second-order valence-electron chi connectivity index (χ2n) is 5.62. The minimum Gasteiger partial charge on any atom is -0.392 e. The first-order chi connectivity index (χ1) is 11.7. The first-order valence-corrected chi connectivity index (χ1v) is 7.49. The lowest BCUT2D eigenvalue weighted by Crippen LogP contribution is -1.96. The van der Waals surface area contributed by atoms with Crippen LogP contribution in [0.4, 0.5) is 5.82 Å². The van der Waals surface area contributed by atoms with Crippen LogP contribution in [0.2, 0.25) is 0 Å². The molecule has 120 valence electrons. The van der Waals surface area contributed by atoms with Crippen molar-refractivity contribution in [2.75, 3.05) is 5.73 Å². The van der Waals surface area contributed by atoms with E-state index in [9.17, 15) is 5.11 Å². The number of hydrogen-bond acceptors (Lipinski definition) is 5. The van der Waals surface area contributed by atoms with Crippen molar-refractivity contribution in [3.63, 3.8) is 0 Å². The number of anilines is 1. The van der Waals surface area contributed by atoms with Crippen molar-refractivity contribution in [1.82, 2.24) is 24.7 Å². The van der Waals surface area contributed by atoms with Gasteiger partial charge < -0.3 is 15.8 Å². The van der Waals surface area contributed by atoms with Crippen LogP contribution < -0.4 is 5.73 Å². The zero-order chi connectivity index (χ0) is 16.7. The molecule has 0 unspecified atom stereocenters. The van der Waals surface area contributed by atoms with Gasteiger partial charge in [-0.3, -0.25) is 4.68 Å². The van der Waals surface area contributed by atoms with Crippen LogP contribution in [0.1, 0.15) is 5.56 Å². The van der Waals surface area contributed by atoms with Crippen molar-refractivity contribution >= 4 is 16.9 Å². The number of imidazole rings is 1. The van der Waals surface area contributed by atoms with Gasteiger partial charge >= 0.3 is 0 Å². The van der Waals surface area contributed by atoms with E-state index in [1.54, 1.807) is 17.1 Å². The molecule has 0 saturated heterocycles. The molecule has 0 bridgehead atoms. The highest BCUT2D eigenvalue weighted by molar-refractivity contribution is 5.85. The van der Waals surface area contributed by atoms with Gasteiger partial charge in [-0.1, -0.05) is 12.1 Å². The third-order valence-electron chi connectivity index (χ3n) is 3.98. The summed E-state index contributed by atoms with van der Waals surface area (Å²) >= 11 is 0. The number of rotatable bonds is 3. The van der Waals surface area contributed by atoms with Crippen molar-refractivity contribution in [3.8, 4) is 22.5 Å². The minimum atomic E-state index is -0.0644. The van der Waals surface area contributed by atoms with Gasteiger partial charge in [0.2, 0.25) is 0 Å². The molecule has 4 aromatic rings. The Bertz CT molecular complexity index is 1030. The van der Waals surface area contributed by atoms with Crippen LogP contribution >= 0.6 is 0 Å². The maximum absolute atomic E-state index is 9.46. The number of para-hydroxylation sites is 1. The Morgan fingerprint density at radius 1 is 1.25 bits per heavy atom. The van der Waals surface area contributed by atoms with E-state index in [1.165, 1.54) is 0 Å².